The molecule has 0 saturated heterocycles. The van der Waals surface area contributed by atoms with Gasteiger partial charge in [-0.25, -0.2) is 0 Å². The molecule has 1 N–H and O–H groups in total. The summed E-state index contributed by atoms with van der Waals surface area (Å²) in [5.41, 5.74) is 1.68. The Labute approximate surface area is 121 Å². The second-order valence-corrected chi connectivity index (χ2v) is 5.10. The van der Waals surface area contributed by atoms with Crippen molar-refractivity contribution in [2.75, 3.05) is 6.54 Å². The Hall–Kier alpha value is -2.11. The quantitative estimate of drug-likeness (QED) is 0.893. The van der Waals surface area contributed by atoms with Crippen molar-refractivity contribution >= 4 is 0 Å². The third kappa shape index (κ3) is 2.89. The first-order valence-electron chi connectivity index (χ1n) is 6.97. The van der Waals surface area contributed by atoms with E-state index in [1.165, 1.54) is 0 Å². The summed E-state index contributed by atoms with van der Waals surface area (Å²) in [6.07, 6.45) is 0. The van der Waals surface area contributed by atoms with Crippen LogP contribution in [0.3, 0.4) is 0 Å². The second kappa shape index (κ2) is 6.36. The number of benzene rings is 2. The van der Waals surface area contributed by atoms with Gasteiger partial charge in [0.2, 0.25) is 0 Å². The van der Waals surface area contributed by atoms with Gasteiger partial charge in [0, 0.05) is 5.92 Å². The Bertz CT molecular complexity index is 532. The molecule has 0 heterocycles. The lowest BCUT2D eigenvalue weighted by Crippen LogP contribution is -2.46. The Morgan fingerprint density at radius 3 is 1.80 bits per heavy atom. The fraction of sp³-hybridized carbons (Fsp3) is 0.278. The molecule has 0 aromatic heterocycles. The molecule has 2 aromatic carbocycles. The average Bonchev–Trinajstić information content (AvgIpc) is 2.50. The molecular weight excluding hydrogens is 244 g/mol. The fourth-order valence-electron chi connectivity index (χ4n) is 2.72. The SMILES string of the molecule is CCNC(C)(C#N)C(c1ccccc1)c1ccccc1. The zero-order valence-corrected chi connectivity index (χ0v) is 12.0. The van der Waals surface area contributed by atoms with Crippen molar-refractivity contribution in [1.29, 1.82) is 5.26 Å². The minimum absolute atomic E-state index is 0.00912. The van der Waals surface area contributed by atoms with Gasteiger partial charge in [-0.1, -0.05) is 67.6 Å². The summed E-state index contributed by atoms with van der Waals surface area (Å²) in [6, 6.07) is 22.9. The minimum Gasteiger partial charge on any atom is -0.299 e. The standard InChI is InChI=1S/C18H20N2/c1-3-20-18(2,14-19)17(15-10-6-4-7-11-15)16-12-8-5-9-13-16/h4-13,17,20H,3H2,1-2H3. The topological polar surface area (TPSA) is 35.8 Å². The average molecular weight is 264 g/mol. The molecule has 2 aromatic rings. The first-order valence-corrected chi connectivity index (χ1v) is 6.97. The molecule has 0 aliphatic carbocycles. The zero-order chi connectivity index (χ0) is 14.4. The van der Waals surface area contributed by atoms with E-state index in [0.29, 0.717) is 0 Å². The van der Waals surface area contributed by atoms with Crippen LogP contribution >= 0.6 is 0 Å². The second-order valence-electron chi connectivity index (χ2n) is 5.10. The smallest absolute Gasteiger partial charge is 0.114 e. The van der Waals surface area contributed by atoms with Crippen LogP contribution < -0.4 is 5.32 Å². The third-order valence-electron chi connectivity index (χ3n) is 3.62. The molecule has 2 heteroatoms. The third-order valence-corrected chi connectivity index (χ3v) is 3.62. The van der Waals surface area contributed by atoms with Crippen LogP contribution in [0.2, 0.25) is 0 Å². The predicted molar refractivity (Wildman–Crippen MR) is 82.4 cm³/mol. The van der Waals surface area contributed by atoms with Crippen molar-refractivity contribution in [2.45, 2.75) is 25.3 Å². The Balaban J connectivity index is 2.54. The molecule has 0 spiro atoms. The highest BCUT2D eigenvalue weighted by Gasteiger charge is 2.35. The fourth-order valence-corrected chi connectivity index (χ4v) is 2.72. The Morgan fingerprint density at radius 2 is 1.45 bits per heavy atom. The molecule has 2 nitrogen and oxygen atoms in total. The molecule has 102 valence electrons. The maximum atomic E-state index is 9.70. The van der Waals surface area contributed by atoms with Gasteiger partial charge in [0.25, 0.3) is 0 Å². The molecule has 20 heavy (non-hydrogen) atoms. The highest BCUT2D eigenvalue weighted by molar-refractivity contribution is 5.39. The van der Waals surface area contributed by atoms with Gasteiger partial charge in [0.05, 0.1) is 6.07 Å². The summed E-state index contributed by atoms with van der Waals surface area (Å²) < 4.78 is 0. The van der Waals surface area contributed by atoms with E-state index >= 15 is 0 Å². The maximum absolute atomic E-state index is 9.70. The highest BCUT2D eigenvalue weighted by atomic mass is 15.0. The molecule has 0 fully saturated rings. The van der Waals surface area contributed by atoms with Crippen molar-refractivity contribution in [3.05, 3.63) is 71.8 Å². The first-order chi connectivity index (χ1) is 9.71. The molecule has 2 rings (SSSR count). The van der Waals surface area contributed by atoms with Gasteiger partial charge in [-0.2, -0.15) is 5.26 Å². The van der Waals surface area contributed by atoms with Crippen LogP contribution in [0, 0.1) is 11.3 Å². The number of rotatable bonds is 5. The summed E-state index contributed by atoms with van der Waals surface area (Å²) in [4.78, 5) is 0. The van der Waals surface area contributed by atoms with Crippen LogP contribution in [0.1, 0.15) is 30.9 Å². The number of likely N-dealkylation sites (N-methyl/N-ethyl adjacent to an activating group) is 1. The summed E-state index contributed by atoms with van der Waals surface area (Å²) in [5.74, 6) is 0.00912. The van der Waals surface area contributed by atoms with Crippen molar-refractivity contribution in [3.8, 4) is 6.07 Å². The summed E-state index contributed by atoms with van der Waals surface area (Å²) >= 11 is 0. The molecule has 0 saturated carbocycles. The monoisotopic (exact) mass is 264 g/mol. The van der Waals surface area contributed by atoms with Gasteiger partial charge in [0.15, 0.2) is 0 Å². The van der Waals surface area contributed by atoms with Crippen LogP contribution in [0.15, 0.2) is 60.7 Å². The van der Waals surface area contributed by atoms with Gasteiger partial charge in [0.1, 0.15) is 5.54 Å². The van der Waals surface area contributed by atoms with Crippen molar-refractivity contribution in [1.82, 2.24) is 5.32 Å². The van der Waals surface area contributed by atoms with Crippen molar-refractivity contribution < 1.29 is 0 Å². The van der Waals surface area contributed by atoms with Crippen molar-refractivity contribution in [3.63, 3.8) is 0 Å². The lowest BCUT2D eigenvalue weighted by molar-refractivity contribution is 0.413. The summed E-state index contributed by atoms with van der Waals surface area (Å²) in [7, 11) is 0. The van der Waals surface area contributed by atoms with E-state index in [9.17, 15) is 5.26 Å². The van der Waals surface area contributed by atoms with Crippen molar-refractivity contribution in [2.24, 2.45) is 0 Å². The predicted octanol–water partition coefficient (Wildman–Crippen LogP) is 3.71. The molecule has 1 unspecified atom stereocenters. The van der Waals surface area contributed by atoms with Crippen LogP contribution in [-0.4, -0.2) is 12.1 Å². The van der Waals surface area contributed by atoms with Gasteiger partial charge in [-0.05, 0) is 24.6 Å². The van der Waals surface area contributed by atoms with Gasteiger partial charge in [-0.15, -0.1) is 0 Å². The first kappa shape index (κ1) is 14.3. The van der Waals surface area contributed by atoms with E-state index in [-0.39, 0.29) is 5.92 Å². The van der Waals surface area contributed by atoms with E-state index < -0.39 is 5.54 Å². The molecule has 0 amide bonds. The van der Waals surface area contributed by atoms with Gasteiger partial charge < -0.3 is 0 Å². The lowest BCUT2D eigenvalue weighted by atomic mass is 9.77. The van der Waals surface area contributed by atoms with Crippen LogP contribution in [0.25, 0.3) is 0 Å². The maximum Gasteiger partial charge on any atom is 0.114 e. The van der Waals surface area contributed by atoms with E-state index in [4.69, 9.17) is 0 Å². The number of nitrogens with one attached hydrogen (secondary N) is 1. The van der Waals surface area contributed by atoms with Gasteiger partial charge in [-0.3, -0.25) is 5.32 Å². The van der Waals surface area contributed by atoms with Gasteiger partial charge >= 0.3 is 0 Å². The van der Waals surface area contributed by atoms with Crippen LogP contribution in [0.4, 0.5) is 0 Å². The van der Waals surface area contributed by atoms with Crippen LogP contribution in [-0.2, 0) is 0 Å². The molecule has 0 aliphatic heterocycles. The molecular formula is C18H20N2. The highest BCUT2D eigenvalue weighted by Crippen LogP contribution is 2.34. The lowest BCUT2D eigenvalue weighted by Gasteiger charge is -2.33. The van der Waals surface area contributed by atoms with E-state index in [2.05, 4.69) is 35.7 Å². The zero-order valence-electron chi connectivity index (χ0n) is 12.0. The largest absolute Gasteiger partial charge is 0.299 e. The minimum atomic E-state index is -0.628. The van der Waals surface area contributed by atoms with Crippen LogP contribution in [0.5, 0.6) is 0 Å². The number of hydrogen-bond acceptors (Lipinski definition) is 2. The Kier molecular flexibility index (Phi) is 4.55. The van der Waals surface area contributed by atoms with E-state index in [1.807, 2.05) is 50.2 Å². The molecule has 0 radical (unpaired) electrons. The molecule has 1 atom stereocenters. The van der Waals surface area contributed by atoms with E-state index in [0.717, 1.165) is 17.7 Å². The number of nitriles is 1. The molecule has 0 aliphatic rings. The van der Waals surface area contributed by atoms with E-state index in [1.54, 1.807) is 0 Å². The summed E-state index contributed by atoms with van der Waals surface area (Å²) in [5, 5.41) is 13.0. The Morgan fingerprint density at radius 1 is 1.00 bits per heavy atom. The normalized spacial score (nSPS) is 13.7. The number of nitrogens with zero attached hydrogens (tertiary/aromatic N) is 1. The molecule has 0 bridgehead atoms. The summed E-state index contributed by atoms with van der Waals surface area (Å²) in [6.45, 7) is 4.77. The number of hydrogen-bond donors (Lipinski definition) is 1.